The minimum absolute atomic E-state index is 0.0982. The Hall–Kier alpha value is -3.41. The van der Waals surface area contributed by atoms with Crippen LogP contribution in [-0.2, 0) is 28.6 Å². The lowest BCUT2D eigenvalue weighted by atomic mass is 10.1. The van der Waals surface area contributed by atoms with Crippen LogP contribution in [0.15, 0.2) is 85.1 Å². The Labute approximate surface area is 382 Å². The Kier molecular flexibility index (Phi) is 47.5. The van der Waals surface area contributed by atoms with Gasteiger partial charge in [0.2, 0.25) is 0 Å². The van der Waals surface area contributed by atoms with Gasteiger partial charge < -0.3 is 14.2 Å². The molecule has 0 aliphatic carbocycles. The second-order valence-electron chi connectivity index (χ2n) is 16.9. The van der Waals surface area contributed by atoms with E-state index in [9.17, 15) is 14.4 Å². The van der Waals surface area contributed by atoms with Crippen LogP contribution in [0, 0.1) is 0 Å². The van der Waals surface area contributed by atoms with Crippen molar-refractivity contribution < 1.29 is 28.6 Å². The predicted molar refractivity (Wildman–Crippen MR) is 265 cm³/mol. The molecule has 0 heterocycles. The number of hydrogen-bond acceptors (Lipinski definition) is 6. The van der Waals surface area contributed by atoms with Crippen LogP contribution in [0.5, 0.6) is 0 Å². The molecule has 62 heavy (non-hydrogen) atoms. The molecule has 0 aliphatic heterocycles. The first kappa shape index (κ1) is 58.6. The summed E-state index contributed by atoms with van der Waals surface area (Å²) in [4.78, 5) is 37.9. The second kappa shape index (κ2) is 50.2. The first-order valence-corrected chi connectivity index (χ1v) is 25.7. The van der Waals surface area contributed by atoms with E-state index in [1.165, 1.54) is 103 Å². The van der Waals surface area contributed by atoms with Crippen LogP contribution < -0.4 is 0 Å². The minimum Gasteiger partial charge on any atom is -0.462 e. The van der Waals surface area contributed by atoms with Crippen molar-refractivity contribution in [2.45, 2.75) is 239 Å². The zero-order valence-corrected chi connectivity index (χ0v) is 40.4. The number of esters is 3. The van der Waals surface area contributed by atoms with Crippen molar-refractivity contribution in [3.8, 4) is 0 Å². The van der Waals surface area contributed by atoms with Crippen molar-refractivity contribution in [2.75, 3.05) is 13.2 Å². The molecule has 1 unspecified atom stereocenters. The average Bonchev–Trinajstić information content (AvgIpc) is 3.27. The predicted octanol–water partition coefficient (Wildman–Crippen LogP) is 16.8. The van der Waals surface area contributed by atoms with Crippen LogP contribution in [0.1, 0.15) is 233 Å². The Morgan fingerprint density at radius 2 is 0.629 bits per heavy atom. The smallest absolute Gasteiger partial charge is 0.306 e. The van der Waals surface area contributed by atoms with E-state index in [1.807, 2.05) is 48.6 Å². The number of unbranched alkanes of at least 4 members (excludes halogenated alkanes) is 25. The molecule has 0 amide bonds. The number of carbonyl (C=O) groups excluding carboxylic acids is 3. The standard InChI is InChI=1S/C56H94O6/c1-4-7-10-13-16-19-22-24-26-27-28-30-31-34-37-40-43-46-49-55(58)61-52-53(51-60-54(57)48-45-42-39-36-33-21-18-15-12-9-6-3)62-56(59)50-47-44-41-38-35-32-29-25-23-20-17-14-11-8-5-2/h8,11,14,17,20,23,25-30,32,35,53H,4-7,9-10,12-13,15-16,18-19,21-22,24,31,33-34,36-52H2,1-3H3/b11-8-,17-14-,23-20-,27-26-,29-25-,30-28-,35-32-. The summed E-state index contributed by atoms with van der Waals surface area (Å²) >= 11 is 0. The van der Waals surface area contributed by atoms with Gasteiger partial charge in [0.05, 0.1) is 0 Å². The van der Waals surface area contributed by atoms with Crippen molar-refractivity contribution >= 4 is 17.9 Å². The van der Waals surface area contributed by atoms with E-state index >= 15 is 0 Å². The van der Waals surface area contributed by atoms with E-state index in [4.69, 9.17) is 14.2 Å². The first-order valence-electron chi connectivity index (χ1n) is 25.7. The van der Waals surface area contributed by atoms with Crippen LogP contribution >= 0.6 is 0 Å². The summed E-state index contributed by atoms with van der Waals surface area (Å²) in [5, 5.41) is 0. The molecule has 6 nitrogen and oxygen atoms in total. The number of rotatable bonds is 45. The van der Waals surface area contributed by atoms with Crippen molar-refractivity contribution in [3.63, 3.8) is 0 Å². The summed E-state index contributed by atoms with van der Waals surface area (Å²) in [6.07, 6.45) is 64.2. The Balaban J connectivity index is 4.46. The number of hydrogen-bond donors (Lipinski definition) is 0. The van der Waals surface area contributed by atoms with Crippen LogP contribution in [0.2, 0.25) is 0 Å². The second-order valence-corrected chi connectivity index (χ2v) is 16.9. The highest BCUT2D eigenvalue weighted by Crippen LogP contribution is 2.14. The lowest BCUT2D eigenvalue weighted by molar-refractivity contribution is -0.167. The van der Waals surface area contributed by atoms with Crippen molar-refractivity contribution in [1.82, 2.24) is 0 Å². The van der Waals surface area contributed by atoms with E-state index in [-0.39, 0.29) is 37.5 Å². The fourth-order valence-corrected chi connectivity index (χ4v) is 6.92. The van der Waals surface area contributed by atoms with Gasteiger partial charge in [0, 0.05) is 19.3 Å². The van der Waals surface area contributed by atoms with Gasteiger partial charge in [0.15, 0.2) is 6.10 Å². The number of allylic oxidation sites excluding steroid dienone is 14. The van der Waals surface area contributed by atoms with Gasteiger partial charge >= 0.3 is 17.9 Å². The zero-order chi connectivity index (χ0) is 45.1. The molecular weight excluding hydrogens is 769 g/mol. The topological polar surface area (TPSA) is 78.9 Å². The summed E-state index contributed by atoms with van der Waals surface area (Å²) in [6.45, 7) is 6.43. The average molecular weight is 863 g/mol. The molecule has 0 aliphatic rings. The fraction of sp³-hybridized carbons (Fsp3) is 0.696. The maximum absolute atomic E-state index is 12.8. The van der Waals surface area contributed by atoms with E-state index in [2.05, 4.69) is 57.2 Å². The largest absolute Gasteiger partial charge is 0.462 e. The Morgan fingerprint density at radius 1 is 0.339 bits per heavy atom. The van der Waals surface area contributed by atoms with Gasteiger partial charge in [-0.15, -0.1) is 0 Å². The molecule has 354 valence electrons. The van der Waals surface area contributed by atoms with Crippen LogP contribution in [-0.4, -0.2) is 37.2 Å². The van der Waals surface area contributed by atoms with E-state index in [0.717, 1.165) is 83.5 Å². The van der Waals surface area contributed by atoms with Gasteiger partial charge in [-0.1, -0.05) is 234 Å². The summed E-state index contributed by atoms with van der Waals surface area (Å²) in [6, 6.07) is 0. The fourth-order valence-electron chi connectivity index (χ4n) is 6.92. The molecule has 0 saturated carbocycles. The maximum atomic E-state index is 12.8. The Bertz CT molecular complexity index is 1220. The van der Waals surface area contributed by atoms with Crippen molar-refractivity contribution in [1.29, 1.82) is 0 Å². The lowest BCUT2D eigenvalue weighted by Crippen LogP contribution is -2.30. The highest BCUT2D eigenvalue weighted by molar-refractivity contribution is 5.71. The van der Waals surface area contributed by atoms with Crippen molar-refractivity contribution in [3.05, 3.63) is 85.1 Å². The van der Waals surface area contributed by atoms with Crippen molar-refractivity contribution in [2.24, 2.45) is 0 Å². The summed E-state index contributed by atoms with van der Waals surface area (Å²) < 4.78 is 16.7. The van der Waals surface area contributed by atoms with Gasteiger partial charge in [-0.3, -0.25) is 14.4 Å². The third kappa shape index (κ3) is 47.6. The maximum Gasteiger partial charge on any atom is 0.306 e. The molecule has 0 aromatic heterocycles. The molecule has 0 aromatic carbocycles. The quantitative estimate of drug-likeness (QED) is 0.0263. The molecule has 0 saturated heterocycles. The monoisotopic (exact) mass is 863 g/mol. The van der Waals surface area contributed by atoms with E-state index in [0.29, 0.717) is 19.3 Å². The van der Waals surface area contributed by atoms with E-state index < -0.39 is 6.10 Å². The van der Waals surface area contributed by atoms with Crippen LogP contribution in [0.25, 0.3) is 0 Å². The van der Waals surface area contributed by atoms with Gasteiger partial charge in [0.25, 0.3) is 0 Å². The molecule has 0 bridgehead atoms. The third-order valence-corrected chi connectivity index (χ3v) is 10.8. The SMILES string of the molecule is CC\C=C/C=C\C=C/C=C\C=C/CCCCCC(=O)OC(COC(=O)CCCCCCC/C=C\C=C/CCCCCCCCC)COC(=O)CCCCCCCCCCCCC. The van der Waals surface area contributed by atoms with Crippen LogP contribution in [0.4, 0.5) is 0 Å². The number of ether oxygens (including phenoxy) is 3. The molecule has 0 N–H and O–H groups in total. The van der Waals surface area contributed by atoms with Gasteiger partial charge in [-0.05, 0) is 64.2 Å². The highest BCUT2D eigenvalue weighted by atomic mass is 16.6. The molecule has 0 aromatic rings. The summed E-state index contributed by atoms with van der Waals surface area (Å²) in [5.41, 5.74) is 0. The van der Waals surface area contributed by atoms with Gasteiger partial charge in [-0.25, -0.2) is 0 Å². The lowest BCUT2D eigenvalue weighted by Gasteiger charge is -2.18. The van der Waals surface area contributed by atoms with Crippen LogP contribution in [0.3, 0.4) is 0 Å². The van der Waals surface area contributed by atoms with Gasteiger partial charge in [0.1, 0.15) is 13.2 Å². The molecule has 0 rings (SSSR count). The minimum atomic E-state index is -0.803. The van der Waals surface area contributed by atoms with Gasteiger partial charge in [-0.2, -0.15) is 0 Å². The molecule has 0 spiro atoms. The Morgan fingerprint density at radius 3 is 1.02 bits per heavy atom. The van der Waals surface area contributed by atoms with E-state index in [1.54, 1.807) is 0 Å². The summed E-state index contributed by atoms with van der Waals surface area (Å²) in [7, 11) is 0. The number of carbonyl (C=O) groups is 3. The molecule has 0 fully saturated rings. The highest BCUT2D eigenvalue weighted by Gasteiger charge is 2.19. The first-order chi connectivity index (χ1) is 30.5. The molecule has 0 radical (unpaired) electrons. The normalized spacial score (nSPS) is 12.8. The molecule has 1 atom stereocenters. The zero-order valence-electron chi connectivity index (χ0n) is 40.4. The molecule has 6 heteroatoms. The molecular formula is C56H94O6. The summed E-state index contributed by atoms with van der Waals surface area (Å²) in [5.74, 6) is -0.957. The third-order valence-electron chi connectivity index (χ3n) is 10.8.